The molecule has 0 bridgehead atoms. The smallest absolute Gasteiger partial charge is 0.338 e. The SMILES string of the molecule is CCNC(=O)NC(=O)[C@H](C)OC(=O)c1cccc(S(=O)(=O)N(C)c2ccc(C)cc2)c1. The van der Waals surface area contributed by atoms with Gasteiger partial charge in [0.25, 0.3) is 15.9 Å². The first-order valence-corrected chi connectivity index (χ1v) is 11.0. The molecule has 31 heavy (non-hydrogen) atoms. The quantitative estimate of drug-likeness (QED) is 0.628. The number of rotatable bonds is 7. The highest BCUT2D eigenvalue weighted by Gasteiger charge is 2.24. The Morgan fingerprint density at radius 3 is 2.35 bits per heavy atom. The first-order chi connectivity index (χ1) is 14.6. The second kappa shape index (κ2) is 10.1. The van der Waals surface area contributed by atoms with Gasteiger partial charge in [-0.25, -0.2) is 18.0 Å². The van der Waals surface area contributed by atoms with Crippen LogP contribution in [0.1, 0.15) is 29.8 Å². The van der Waals surface area contributed by atoms with E-state index in [9.17, 15) is 22.8 Å². The Hall–Kier alpha value is -3.40. The predicted octanol–water partition coefficient (Wildman–Crippen LogP) is 2.21. The number of hydrogen-bond donors (Lipinski definition) is 2. The summed E-state index contributed by atoms with van der Waals surface area (Å²) in [6.45, 7) is 5.21. The Morgan fingerprint density at radius 1 is 1.10 bits per heavy atom. The number of carbonyl (C=O) groups is 3. The van der Waals surface area contributed by atoms with Crippen molar-refractivity contribution < 1.29 is 27.5 Å². The lowest BCUT2D eigenvalue weighted by molar-refractivity contribution is -0.127. The van der Waals surface area contributed by atoms with Crippen molar-refractivity contribution in [2.75, 3.05) is 17.9 Å². The molecule has 9 nitrogen and oxygen atoms in total. The van der Waals surface area contributed by atoms with E-state index in [1.165, 1.54) is 38.2 Å². The summed E-state index contributed by atoms with van der Waals surface area (Å²) in [5, 5.41) is 4.43. The van der Waals surface area contributed by atoms with E-state index >= 15 is 0 Å². The molecule has 0 aliphatic carbocycles. The molecule has 2 aromatic carbocycles. The summed E-state index contributed by atoms with van der Waals surface area (Å²) >= 11 is 0. The molecule has 0 radical (unpaired) electrons. The van der Waals surface area contributed by atoms with Crippen LogP contribution in [0.15, 0.2) is 53.4 Å². The van der Waals surface area contributed by atoms with Crippen molar-refractivity contribution in [2.45, 2.75) is 31.8 Å². The largest absolute Gasteiger partial charge is 0.449 e. The lowest BCUT2D eigenvalue weighted by Crippen LogP contribution is -2.44. The molecule has 0 aliphatic heterocycles. The molecule has 0 spiro atoms. The van der Waals surface area contributed by atoms with Crippen LogP contribution in [0.3, 0.4) is 0 Å². The minimum atomic E-state index is -3.93. The van der Waals surface area contributed by atoms with Crippen LogP contribution < -0.4 is 14.9 Å². The zero-order valence-corrected chi connectivity index (χ0v) is 18.5. The fourth-order valence-electron chi connectivity index (χ4n) is 2.54. The van der Waals surface area contributed by atoms with Gasteiger partial charge in [0, 0.05) is 13.6 Å². The molecule has 1 atom stereocenters. The summed E-state index contributed by atoms with van der Waals surface area (Å²) in [7, 11) is -2.52. The molecule has 2 aromatic rings. The fraction of sp³-hybridized carbons (Fsp3) is 0.286. The van der Waals surface area contributed by atoms with Crippen molar-refractivity contribution in [2.24, 2.45) is 0 Å². The molecule has 0 fully saturated rings. The summed E-state index contributed by atoms with van der Waals surface area (Å²) < 4.78 is 32.1. The lowest BCUT2D eigenvalue weighted by atomic mass is 10.2. The van der Waals surface area contributed by atoms with Crippen LogP contribution in [-0.4, -0.2) is 46.0 Å². The zero-order valence-electron chi connectivity index (χ0n) is 17.7. The van der Waals surface area contributed by atoms with Crippen LogP contribution in [0.4, 0.5) is 10.5 Å². The van der Waals surface area contributed by atoms with Crippen molar-refractivity contribution >= 4 is 33.6 Å². The van der Waals surface area contributed by atoms with Crippen molar-refractivity contribution in [1.29, 1.82) is 0 Å². The monoisotopic (exact) mass is 447 g/mol. The number of nitrogens with zero attached hydrogens (tertiary/aromatic N) is 1. The lowest BCUT2D eigenvalue weighted by Gasteiger charge is -2.20. The van der Waals surface area contributed by atoms with E-state index in [-0.39, 0.29) is 10.5 Å². The Morgan fingerprint density at radius 2 is 1.74 bits per heavy atom. The number of esters is 1. The third kappa shape index (κ3) is 6.05. The van der Waals surface area contributed by atoms with E-state index in [0.717, 1.165) is 9.87 Å². The Bertz CT molecular complexity index is 1070. The number of sulfonamides is 1. The van der Waals surface area contributed by atoms with Crippen LogP contribution >= 0.6 is 0 Å². The number of nitrogens with one attached hydrogen (secondary N) is 2. The van der Waals surface area contributed by atoms with Crippen LogP contribution in [-0.2, 0) is 19.6 Å². The maximum atomic E-state index is 13.0. The molecular weight excluding hydrogens is 422 g/mol. The summed E-state index contributed by atoms with van der Waals surface area (Å²) in [5.74, 6) is -1.70. The second-order valence-electron chi connectivity index (χ2n) is 6.73. The van der Waals surface area contributed by atoms with Gasteiger partial charge >= 0.3 is 12.0 Å². The number of imide groups is 1. The molecule has 2 N–H and O–H groups in total. The van der Waals surface area contributed by atoms with Gasteiger partial charge in [0.05, 0.1) is 16.1 Å². The number of carbonyl (C=O) groups excluding carboxylic acids is 3. The van der Waals surface area contributed by atoms with Crippen LogP contribution in [0.2, 0.25) is 0 Å². The van der Waals surface area contributed by atoms with Crippen LogP contribution in [0.5, 0.6) is 0 Å². The van der Waals surface area contributed by atoms with Gasteiger partial charge in [-0.3, -0.25) is 14.4 Å². The summed E-state index contributed by atoms with van der Waals surface area (Å²) in [6.07, 6.45) is -1.26. The number of amides is 3. The van der Waals surface area contributed by atoms with Gasteiger partial charge in [0.2, 0.25) is 0 Å². The van der Waals surface area contributed by atoms with Crippen LogP contribution in [0, 0.1) is 6.92 Å². The van der Waals surface area contributed by atoms with Gasteiger partial charge in [-0.2, -0.15) is 0 Å². The molecule has 10 heteroatoms. The molecule has 166 valence electrons. The molecule has 3 amide bonds. The average molecular weight is 448 g/mol. The number of anilines is 1. The standard InChI is InChI=1S/C21H25N3O6S/c1-5-22-21(27)23-19(25)15(3)30-20(26)16-7-6-8-18(13-16)31(28,29)24(4)17-11-9-14(2)10-12-17/h6-13,15H,5H2,1-4H3,(H2,22,23,25,27)/t15-/m0/s1. The van der Waals surface area contributed by atoms with Gasteiger partial charge in [-0.15, -0.1) is 0 Å². The topological polar surface area (TPSA) is 122 Å². The number of hydrogen-bond acceptors (Lipinski definition) is 6. The predicted molar refractivity (Wildman–Crippen MR) is 115 cm³/mol. The minimum absolute atomic E-state index is 0.0453. The fourth-order valence-corrected chi connectivity index (χ4v) is 3.78. The summed E-state index contributed by atoms with van der Waals surface area (Å²) in [6, 6.07) is 11.6. The Labute approximate surface area is 181 Å². The van der Waals surface area contributed by atoms with Crippen LogP contribution in [0.25, 0.3) is 0 Å². The zero-order chi connectivity index (χ0) is 23.2. The summed E-state index contributed by atoms with van der Waals surface area (Å²) in [5.41, 5.74) is 1.41. The van der Waals surface area contributed by atoms with E-state index in [4.69, 9.17) is 4.74 Å². The molecule has 0 heterocycles. The molecule has 0 aliphatic rings. The number of urea groups is 1. The summed E-state index contributed by atoms with van der Waals surface area (Å²) in [4.78, 5) is 35.7. The maximum Gasteiger partial charge on any atom is 0.338 e. The van der Waals surface area contributed by atoms with Crippen molar-refractivity contribution in [3.8, 4) is 0 Å². The van der Waals surface area contributed by atoms with E-state index < -0.39 is 34.0 Å². The van der Waals surface area contributed by atoms with E-state index in [1.54, 1.807) is 31.2 Å². The number of aryl methyl sites for hydroxylation is 1. The third-order valence-corrected chi connectivity index (χ3v) is 6.13. The highest BCUT2D eigenvalue weighted by molar-refractivity contribution is 7.92. The molecule has 0 unspecified atom stereocenters. The normalized spacial score (nSPS) is 11.9. The highest BCUT2D eigenvalue weighted by atomic mass is 32.2. The second-order valence-corrected chi connectivity index (χ2v) is 8.70. The first-order valence-electron chi connectivity index (χ1n) is 9.51. The third-order valence-electron chi connectivity index (χ3n) is 4.35. The first kappa shape index (κ1) is 23.9. The Kier molecular flexibility index (Phi) is 7.76. The number of ether oxygens (including phenoxy) is 1. The van der Waals surface area contributed by atoms with Crippen molar-refractivity contribution in [1.82, 2.24) is 10.6 Å². The van der Waals surface area contributed by atoms with Gasteiger partial charge in [-0.1, -0.05) is 23.8 Å². The average Bonchev–Trinajstić information content (AvgIpc) is 2.73. The van der Waals surface area contributed by atoms with Gasteiger partial charge in [0.1, 0.15) is 0 Å². The van der Waals surface area contributed by atoms with E-state index in [0.29, 0.717) is 12.2 Å². The Balaban J connectivity index is 2.16. The van der Waals surface area contributed by atoms with Crippen molar-refractivity contribution in [3.05, 3.63) is 59.7 Å². The molecular formula is C21H25N3O6S. The van der Waals surface area contributed by atoms with Crippen molar-refractivity contribution in [3.63, 3.8) is 0 Å². The molecule has 0 aromatic heterocycles. The van der Waals surface area contributed by atoms with E-state index in [2.05, 4.69) is 5.32 Å². The highest BCUT2D eigenvalue weighted by Crippen LogP contribution is 2.23. The molecule has 2 rings (SSSR count). The minimum Gasteiger partial charge on any atom is -0.449 e. The van der Waals surface area contributed by atoms with Gasteiger partial charge < -0.3 is 10.1 Å². The van der Waals surface area contributed by atoms with E-state index in [1.807, 2.05) is 12.2 Å². The van der Waals surface area contributed by atoms with Gasteiger partial charge in [-0.05, 0) is 51.1 Å². The molecule has 0 saturated carbocycles. The number of benzene rings is 2. The maximum absolute atomic E-state index is 13.0. The van der Waals surface area contributed by atoms with Gasteiger partial charge in [0.15, 0.2) is 6.10 Å². The molecule has 0 saturated heterocycles.